The van der Waals surface area contributed by atoms with E-state index in [1.54, 1.807) is 24.3 Å². The summed E-state index contributed by atoms with van der Waals surface area (Å²) in [5.41, 5.74) is 1.88. The van der Waals surface area contributed by atoms with E-state index in [4.69, 9.17) is 14.2 Å². The number of rotatable bonds is 5. The Kier molecular flexibility index (Phi) is 5.52. The van der Waals surface area contributed by atoms with E-state index in [1.807, 2.05) is 36.4 Å². The van der Waals surface area contributed by atoms with E-state index in [-0.39, 0.29) is 12.4 Å². The Bertz CT molecular complexity index is 1090. The summed E-state index contributed by atoms with van der Waals surface area (Å²) in [4.78, 5) is 28.7. The van der Waals surface area contributed by atoms with Gasteiger partial charge in [-0.05, 0) is 36.4 Å². The molecule has 1 aromatic heterocycles. The molecule has 0 spiro atoms. The van der Waals surface area contributed by atoms with Crippen LogP contribution in [0.1, 0.15) is 22.5 Å². The molecule has 0 bridgehead atoms. The number of hydrogen-bond donors (Lipinski definition) is 0. The zero-order valence-electron chi connectivity index (χ0n) is 15.7. The summed E-state index contributed by atoms with van der Waals surface area (Å²) in [6.45, 7) is 0.761. The van der Waals surface area contributed by atoms with Gasteiger partial charge in [-0.1, -0.05) is 24.3 Å². The number of Topliss-reactive ketones (excluding diaryl/α,β-unsaturated/α-hetero) is 1. The normalized spacial score (nSPS) is 13.2. The number of benzene rings is 2. The van der Waals surface area contributed by atoms with Gasteiger partial charge >= 0.3 is 5.97 Å². The number of hydrogen-bond acceptors (Lipinski definition) is 6. The molecule has 0 saturated carbocycles. The van der Waals surface area contributed by atoms with Crippen molar-refractivity contribution < 1.29 is 23.8 Å². The molecule has 1 aliphatic heterocycles. The first-order chi connectivity index (χ1) is 14.2. The molecule has 29 heavy (non-hydrogen) atoms. The lowest BCUT2D eigenvalue weighted by atomic mass is 10.1. The van der Waals surface area contributed by atoms with Crippen molar-refractivity contribution in [2.45, 2.75) is 6.42 Å². The summed E-state index contributed by atoms with van der Waals surface area (Å²) >= 11 is 0. The zero-order valence-corrected chi connectivity index (χ0v) is 15.7. The van der Waals surface area contributed by atoms with Gasteiger partial charge in [0.25, 0.3) is 0 Å². The van der Waals surface area contributed by atoms with Crippen LogP contribution in [0.2, 0.25) is 0 Å². The van der Waals surface area contributed by atoms with Crippen LogP contribution in [-0.2, 0) is 9.53 Å². The average Bonchev–Trinajstić information content (AvgIpc) is 3.00. The van der Waals surface area contributed by atoms with Crippen LogP contribution in [0.25, 0.3) is 17.0 Å². The third-order valence-corrected chi connectivity index (χ3v) is 4.43. The van der Waals surface area contributed by atoms with Gasteiger partial charge in [0.15, 0.2) is 23.9 Å². The minimum absolute atomic E-state index is 0.314. The topological polar surface area (TPSA) is 74.7 Å². The average molecular weight is 389 g/mol. The van der Waals surface area contributed by atoms with Gasteiger partial charge in [-0.15, -0.1) is 0 Å². The molecular formula is C23H19NO5. The molecule has 0 saturated heterocycles. The molecule has 146 valence electrons. The van der Waals surface area contributed by atoms with Crippen molar-refractivity contribution in [1.29, 1.82) is 0 Å². The molecule has 0 aliphatic carbocycles. The molecule has 6 heteroatoms. The number of carbonyl (C=O) groups excluding carboxylic acids is 2. The summed E-state index contributed by atoms with van der Waals surface area (Å²) in [5.74, 6) is 0.220. The maximum atomic E-state index is 12.3. The third kappa shape index (κ3) is 4.60. The summed E-state index contributed by atoms with van der Waals surface area (Å²) < 4.78 is 16.2. The van der Waals surface area contributed by atoms with Crippen LogP contribution < -0.4 is 9.47 Å². The van der Waals surface area contributed by atoms with Gasteiger partial charge < -0.3 is 14.2 Å². The lowest BCUT2D eigenvalue weighted by molar-refractivity contribution is -0.136. The van der Waals surface area contributed by atoms with Crippen LogP contribution in [0.5, 0.6) is 11.5 Å². The predicted octanol–water partition coefficient (Wildman–Crippen LogP) is 3.84. The molecule has 0 atom stereocenters. The maximum absolute atomic E-state index is 12.3. The van der Waals surface area contributed by atoms with Crippen LogP contribution >= 0.6 is 0 Å². The van der Waals surface area contributed by atoms with Gasteiger partial charge in [0, 0.05) is 23.4 Å². The summed E-state index contributed by atoms with van der Waals surface area (Å²) in [7, 11) is 0. The number of para-hydroxylation sites is 1. The Morgan fingerprint density at radius 1 is 1.00 bits per heavy atom. The second-order valence-corrected chi connectivity index (χ2v) is 6.51. The van der Waals surface area contributed by atoms with Gasteiger partial charge in [-0.2, -0.15) is 0 Å². The highest BCUT2D eigenvalue weighted by Crippen LogP contribution is 2.30. The molecule has 0 unspecified atom stereocenters. The van der Waals surface area contributed by atoms with E-state index in [0.29, 0.717) is 36.0 Å². The highest BCUT2D eigenvalue weighted by atomic mass is 16.5. The van der Waals surface area contributed by atoms with Crippen LogP contribution in [0, 0.1) is 0 Å². The number of aromatic nitrogens is 1. The van der Waals surface area contributed by atoms with Gasteiger partial charge in [0.05, 0.1) is 24.4 Å². The SMILES string of the molecule is O=C(/C=C/c1ccc2ccccc2n1)OCC(=O)c1ccc2c(c1)OCCCO2. The lowest BCUT2D eigenvalue weighted by Gasteiger charge is -2.08. The fourth-order valence-corrected chi connectivity index (χ4v) is 2.93. The van der Waals surface area contributed by atoms with Crippen molar-refractivity contribution in [2.75, 3.05) is 19.8 Å². The first-order valence-electron chi connectivity index (χ1n) is 9.32. The lowest BCUT2D eigenvalue weighted by Crippen LogP contribution is -2.12. The molecule has 2 aromatic carbocycles. The second kappa shape index (κ2) is 8.56. The van der Waals surface area contributed by atoms with E-state index in [2.05, 4.69) is 4.98 Å². The highest BCUT2D eigenvalue weighted by molar-refractivity contribution is 5.99. The molecule has 4 rings (SSSR count). The fraction of sp³-hybridized carbons (Fsp3) is 0.174. The van der Waals surface area contributed by atoms with Gasteiger partial charge in [-0.25, -0.2) is 9.78 Å². The smallest absolute Gasteiger partial charge is 0.331 e. The number of carbonyl (C=O) groups is 2. The highest BCUT2D eigenvalue weighted by Gasteiger charge is 2.15. The van der Waals surface area contributed by atoms with Crippen molar-refractivity contribution >= 4 is 28.7 Å². The number of esters is 1. The standard InChI is InChI=1S/C23H19NO5/c25-20(17-7-10-21-22(14-17)28-13-3-12-27-21)15-29-23(26)11-9-18-8-6-16-4-1-2-5-19(16)24-18/h1-2,4-11,14H,3,12-13,15H2/b11-9+. The number of fused-ring (bicyclic) bond motifs is 2. The molecule has 0 amide bonds. The summed E-state index contributed by atoms with van der Waals surface area (Å²) in [5, 5.41) is 1.02. The number of ether oxygens (including phenoxy) is 3. The van der Waals surface area contributed by atoms with E-state index in [0.717, 1.165) is 17.3 Å². The monoisotopic (exact) mass is 389 g/mol. The molecule has 0 N–H and O–H groups in total. The summed E-state index contributed by atoms with van der Waals surface area (Å²) in [6, 6.07) is 16.4. The van der Waals surface area contributed by atoms with Gasteiger partial charge in [0.2, 0.25) is 0 Å². The Hall–Kier alpha value is -3.67. The quantitative estimate of drug-likeness (QED) is 0.375. The van der Waals surface area contributed by atoms with Crippen molar-refractivity contribution in [3.8, 4) is 11.5 Å². The van der Waals surface area contributed by atoms with Crippen molar-refractivity contribution in [2.24, 2.45) is 0 Å². The molecule has 6 nitrogen and oxygen atoms in total. The van der Waals surface area contributed by atoms with E-state index >= 15 is 0 Å². The number of ketones is 1. The molecule has 0 radical (unpaired) electrons. The zero-order chi connectivity index (χ0) is 20.1. The second-order valence-electron chi connectivity index (χ2n) is 6.51. The third-order valence-electron chi connectivity index (χ3n) is 4.43. The van der Waals surface area contributed by atoms with E-state index in [9.17, 15) is 9.59 Å². The van der Waals surface area contributed by atoms with Crippen LogP contribution in [0.15, 0.2) is 60.7 Å². The van der Waals surface area contributed by atoms with Crippen LogP contribution in [0.3, 0.4) is 0 Å². The van der Waals surface area contributed by atoms with E-state index in [1.165, 1.54) is 6.08 Å². The minimum Gasteiger partial charge on any atom is -0.490 e. The largest absolute Gasteiger partial charge is 0.490 e. The van der Waals surface area contributed by atoms with Crippen LogP contribution in [0.4, 0.5) is 0 Å². The fourth-order valence-electron chi connectivity index (χ4n) is 2.93. The summed E-state index contributed by atoms with van der Waals surface area (Å²) in [6.07, 6.45) is 3.61. The first-order valence-corrected chi connectivity index (χ1v) is 9.32. The first kappa shape index (κ1) is 18.7. The van der Waals surface area contributed by atoms with E-state index < -0.39 is 5.97 Å². The predicted molar refractivity (Wildman–Crippen MR) is 108 cm³/mol. The molecule has 0 fully saturated rings. The van der Waals surface area contributed by atoms with Crippen LogP contribution in [-0.4, -0.2) is 36.6 Å². The van der Waals surface area contributed by atoms with Gasteiger partial charge in [0.1, 0.15) is 0 Å². The molecule has 1 aliphatic rings. The number of nitrogens with zero attached hydrogens (tertiary/aromatic N) is 1. The maximum Gasteiger partial charge on any atom is 0.331 e. The molecule has 2 heterocycles. The Morgan fingerprint density at radius 2 is 1.83 bits per heavy atom. The Labute approximate surface area is 167 Å². The number of pyridine rings is 1. The van der Waals surface area contributed by atoms with Crippen molar-refractivity contribution in [1.82, 2.24) is 4.98 Å². The minimum atomic E-state index is -0.609. The van der Waals surface area contributed by atoms with Crippen molar-refractivity contribution in [3.05, 3.63) is 71.9 Å². The van der Waals surface area contributed by atoms with Gasteiger partial charge in [-0.3, -0.25) is 4.79 Å². The Morgan fingerprint density at radius 3 is 2.72 bits per heavy atom. The van der Waals surface area contributed by atoms with Crippen molar-refractivity contribution in [3.63, 3.8) is 0 Å². The molecule has 3 aromatic rings. The molecular weight excluding hydrogens is 370 g/mol. The Balaban J connectivity index is 1.35.